The van der Waals surface area contributed by atoms with Gasteiger partial charge in [0.1, 0.15) is 17.1 Å². The van der Waals surface area contributed by atoms with Crippen molar-refractivity contribution in [3.63, 3.8) is 0 Å². The van der Waals surface area contributed by atoms with E-state index in [1.807, 2.05) is 25.8 Å². The van der Waals surface area contributed by atoms with Crippen LogP contribution in [-0.4, -0.2) is 68.5 Å². The minimum Gasteiger partial charge on any atom is -0.338 e. The molecule has 1 fully saturated rings. The van der Waals surface area contributed by atoms with Gasteiger partial charge in [-0.25, -0.2) is 4.68 Å². The van der Waals surface area contributed by atoms with Gasteiger partial charge < -0.3 is 9.80 Å². The third-order valence-electron chi connectivity index (χ3n) is 4.31. The molecule has 3 rings (SSSR count). The molecule has 1 saturated heterocycles. The Hall–Kier alpha value is -1.89. The molecule has 1 aliphatic heterocycles. The smallest absolute Gasteiger partial charge is 0.247 e. The molecule has 0 N–H and O–H groups in total. The fourth-order valence-corrected chi connectivity index (χ4v) is 2.96. The first-order chi connectivity index (χ1) is 9.99. The molecule has 2 aromatic rings. The second-order valence-electron chi connectivity index (χ2n) is 5.84. The topological polar surface area (TPSA) is 59.2 Å². The number of carbonyl (C=O) groups excluding carboxylic acids is 1. The summed E-state index contributed by atoms with van der Waals surface area (Å²) in [7, 11) is 3.98. The Morgan fingerprint density at radius 3 is 2.57 bits per heavy atom. The molecule has 1 amide bonds. The normalized spacial score (nSPS) is 18.4. The number of piperazine rings is 1. The number of rotatable bonds is 2. The number of likely N-dealkylation sites (N-methyl/N-ethyl adjacent to an activating group) is 1. The Morgan fingerprint density at radius 2 is 1.90 bits per heavy atom. The summed E-state index contributed by atoms with van der Waals surface area (Å²) in [5.74, 6) is 0.136. The van der Waals surface area contributed by atoms with Crippen molar-refractivity contribution in [1.82, 2.24) is 29.4 Å². The average molecular weight is 290 g/mol. The van der Waals surface area contributed by atoms with Gasteiger partial charge in [0, 0.05) is 33.2 Å². The van der Waals surface area contributed by atoms with E-state index in [2.05, 4.69) is 22.1 Å². The van der Waals surface area contributed by atoms with E-state index in [9.17, 15) is 4.79 Å². The lowest BCUT2D eigenvalue weighted by molar-refractivity contribution is -0.136. The average Bonchev–Trinajstić information content (AvgIpc) is 3.01. The maximum atomic E-state index is 12.7. The quantitative estimate of drug-likeness (QED) is 0.804. The first kappa shape index (κ1) is 14.1. The summed E-state index contributed by atoms with van der Waals surface area (Å²) in [5, 5.41) is 8.80. The fourth-order valence-electron chi connectivity index (χ4n) is 2.96. The van der Waals surface area contributed by atoms with Crippen LogP contribution in [0.4, 0.5) is 0 Å². The molecular weight excluding hydrogens is 268 g/mol. The highest BCUT2D eigenvalue weighted by Gasteiger charge is 2.27. The van der Waals surface area contributed by atoms with Crippen molar-refractivity contribution in [3.05, 3.63) is 11.9 Å². The maximum Gasteiger partial charge on any atom is 0.247 e. The van der Waals surface area contributed by atoms with Crippen LogP contribution in [0.25, 0.3) is 11.0 Å². The van der Waals surface area contributed by atoms with E-state index in [0.717, 1.165) is 42.9 Å². The number of hydrogen-bond acceptors (Lipinski definition) is 4. The molecule has 2 aromatic heterocycles. The van der Waals surface area contributed by atoms with Crippen molar-refractivity contribution in [2.75, 3.05) is 33.2 Å². The molecule has 0 bridgehead atoms. The zero-order valence-corrected chi connectivity index (χ0v) is 13.1. The summed E-state index contributed by atoms with van der Waals surface area (Å²) in [5.41, 5.74) is 2.82. The Bertz CT molecular complexity index is 664. The number of amides is 1. The number of hydrogen-bond donors (Lipinski definition) is 0. The van der Waals surface area contributed by atoms with Crippen molar-refractivity contribution < 1.29 is 4.79 Å². The Kier molecular flexibility index (Phi) is 3.44. The van der Waals surface area contributed by atoms with Crippen LogP contribution in [0.15, 0.2) is 6.20 Å². The molecule has 21 heavy (non-hydrogen) atoms. The van der Waals surface area contributed by atoms with Crippen LogP contribution < -0.4 is 0 Å². The van der Waals surface area contributed by atoms with Gasteiger partial charge in [0.15, 0.2) is 0 Å². The molecule has 1 atom stereocenters. The second-order valence-corrected chi connectivity index (χ2v) is 5.84. The lowest BCUT2D eigenvalue weighted by Gasteiger charge is -2.34. The van der Waals surface area contributed by atoms with E-state index in [1.165, 1.54) is 0 Å². The summed E-state index contributed by atoms with van der Waals surface area (Å²) in [6.07, 6.45) is 1.78. The molecular formula is C14H22N6O. The van der Waals surface area contributed by atoms with E-state index in [0.29, 0.717) is 0 Å². The fraction of sp³-hybridized carbons (Fsp3) is 0.643. The number of fused-ring (bicyclic) bond motifs is 1. The van der Waals surface area contributed by atoms with Crippen LogP contribution in [0.2, 0.25) is 0 Å². The van der Waals surface area contributed by atoms with Crippen LogP contribution in [0.5, 0.6) is 0 Å². The molecule has 3 heterocycles. The predicted octanol–water partition coefficient (Wildman–Crippen LogP) is 0.413. The van der Waals surface area contributed by atoms with Gasteiger partial charge in [-0.2, -0.15) is 10.2 Å². The Morgan fingerprint density at radius 1 is 1.24 bits per heavy atom. The van der Waals surface area contributed by atoms with Gasteiger partial charge in [-0.15, -0.1) is 0 Å². The number of carbonyl (C=O) groups is 1. The number of aromatic nitrogens is 4. The van der Waals surface area contributed by atoms with Crippen molar-refractivity contribution in [1.29, 1.82) is 0 Å². The summed E-state index contributed by atoms with van der Waals surface area (Å²) in [4.78, 5) is 16.9. The van der Waals surface area contributed by atoms with Gasteiger partial charge in [-0.05, 0) is 20.9 Å². The van der Waals surface area contributed by atoms with Gasteiger partial charge in [0.05, 0.1) is 11.9 Å². The highest BCUT2D eigenvalue weighted by molar-refractivity contribution is 5.84. The van der Waals surface area contributed by atoms with Gasteiger partial charge in [0.2, 0.25) is 5.91 Å². The van der Waals surface area contributed by atoms with Crippen LogP contribution in [0.3, 0.4) is 0 Å². The van der Waals surface area contributed by atoms with E-state index < -0.39 is 0 Å². The van der Waals surface area contributed by atoms with Crippen LogP contribution in [-0.2, 0) is 11.8 Å². The Balaban J connectivity index is 1.86. The molecule has 7 heteroatoms. The van der Waals surface area contributed by atoms with E-state index in [-0.39, 0.29) is 11.9 Å². The standard InChI is InChI=1S/C14H22N6O/c1-10-13-12(18(4)16-10)9-15-20(13)11(2)14(21)19-7-5-17(3)6-8-19/h9,11H,5-8H2,1-4H3. The molecule has 1 aliphatic rings. The van der Waals surface area contributed by atoms with Crippen molar-refractivity contribution in [2.24, 2.45) is 7.05 Å². The van der Waals surface area contributed by atoms with Crippen LogP contribution in [0, 0.1) is 6.92 Å². The van der Waals surface area contributed by atoms with E-state index >= 15 is 0 Å². The lowest BCUT2D eigenvalue weighted by atomic mass is 10.2. The highest BCUT2D eigenvalue weighted by atomic mass is 16.2. The van der Waals surface area contributed by atoms with Crippen molar-refractivity contribution in [2.45, 2.75) is 19.9 Å². The lowest BCUT2D eigenvalue weighted by Crippen LogP contribution is -2.49. The summed E-state index contributed by atoms with van der Waals surface area (Å²) in [6, 6.07) is -0.297. The minimum absolute atomic E-state index is 0.136. The third kappa shape index (κ3) is 2.31. The minimum atomic E-state index is -0.297. The first-order valence-electron chi connectivity index (χ1n) is 7.33. The zero-order chi connectivity index (χ0) is 15.1. The number of aryl methyl sites for hydroxylation is 2. The van der Waals surface area contributed by atoms with E-state index in [1.54, 1.807) is 15.6 Å². The third-order valence-corrected chi connectivity index (χ3v) is 4.31. The van der Waals surface area contributed by atoms with Gasteiger partial charge in [0.25, 0.3) is 0 Å². The second kappa shape index (κ2) is 5.14. The van der Waals surface area contributed by atoms with E-state index in [4.69, 9.17) is 0 Å². The highest BCUT2D eigenvalue weighted by Crippen LogP contribution is 2.22. The summed E-state index contributed by atoms with van der Waals surface area (Å²) < 4.78 is 3.61. The molecule has 0 radical (unpaired) electrons. The number of nitrogens with zero attached hydrogens (tertiary/aromatic N) is 6. The summed E-state index contributed by atoms with van der Waals surface area (Å²) >= 11 is 0. The summed E-state index contributed by atoms with van der Waals surface area (Å²) in [6.45, 7) is 7.30. The maximum absolute atomic E-state index is 12.7. The van der Waals surface area contributed by atoms with Crippen LogP contribution >= 0.6 is 0 Å². The molecule has 0 saturated carbocycles. The zero-order valence-electron chi connectivity index (χ0n) is 13.1. The molecule has 0 spiro atoms. The van der Waals surface area contributed by atoms with Crippen LogP contribution in [0.1, 0.15) is 18.7 Å². The molecule has 7 nitrogen and oxygen atoms in total. The predicted molar refractivity (Wildman–Crippen MR) is 80.0 cm³/mol. The molecule has 0 aromatic carbocycles. The van der Waals surface area contributed by atoms with Gasteiger partial charge in [-0.3, -0.25) is 9.48 Å². The van der Waals surface area contributed by atoms with Crippen molar-refractivity contribution in [3.8, 4) is 0 Å². The Labute approximate surface area is 124 Å². The molecule has 0 aliphatic carbocycles. The van der Waals surface area contributed by atoms with Gasteiger partial charge in [-0.1, -0.05) is 0 Å². The molecule has 1 unspecified atom stereocenters. The first-order valence-corrected chi connectivity index (χ1v) is 7.33. The van der Waals surface area contributed by atoms with Crippen molar-refractivity contribution >= 4 is 16.9 Å². The monoisotopic (exact) mass is 290 g/mol. The van der Waals surface area contributed by atoms with Gasteiger partial charge >= 0.3 is 0 Å². The molecule has 114 valence electrons. The SMILES string of the molecule is Cc1nn(C)c2cnn(C(C)C(=O)N3CCN(C)CC3)c12. The largest absolute Gasteiger partial charge is 0.338 e.